The van der Waals surface area contributed by atoms with Crippen LogP contribution in [0.4, 0.5) is 0 Å². The fourth-order valence-corrected chi connectivity index (χ4v) is 11.2. The van der Waals surface area contributed by atoms with Crippen LogP contribution in [0, 0.1) is 0 Å². The molecule has 0 spiro atoms. The van der Waals surface area contributed by atoms with Crippen LogP contribution >= 0.6 is 0 Å². The number of rotatable bonds is 7. The number of benzene rings is 1. The number of aliphatic hydroxyl groups excluding tert-OH is 1. The van der Waals surface area contributed by atoms with Crippen LogP contribution in [0.15, 0.2) is 30.3 Å². The first-order valence-electron chi connectivity index (χ1n) is 9.60. The van der Waals surface area contributed by atoms with Gasteiger partial charge in [-0.25, -0.2) is 0 Å². The molecule has 1 aliphatic heterocycles. The Morgan fingerprint density at radius 1 is 1.00 bits per heavy atom. The van der Waals surface area contributed by atoms with Gasteiger partial charge in [-0.05, 0) is 0 Å². The second kappa shape index (κ2) is 11.5. The molecule has 1 fully saturated rings. The topological polar surface area (TPSA) is 35.9 Å². The molecule has 1 aliphatic rings. The molecule has 0 aromatic heterocycles. The first kappa shape index (κ1) is 21.2. The van der Waals surface area contributed by atoms with Gasteiger partial charge in [-0.15, -0.1) is 0 Å². The summed E-state index contributed by atoms with van der Waals surface area (Å²) in [6, 6.07) is 11.0. The molecule has 140 valence electrons. The van der Waals surface area contributed by atoms with E-state index in [1.807, 2.05) is 6.92 Å². The van der Waals surface area contributed by atoms with Crippen molar-refractivity contribution in [1.29, 1.82) is 0 Å². The third kappa shape index (κ3) is 8.39. The summed E-state index contributed by atoms with van der Waals surface area (Å²) in [4.78, 5) is 5.06. The van der Waals surface area contributed by atoms with E-state index in [2.05, 4.69) is 47.1 Å². The molecule has 4 nitrogen and oxygen atoms in total. The normalized spacial score (nSPS) is 20.6. The Hall–Kier alpha value is -0.141. The molecule has 1 saturated heterocycles. The first-order valence-corrected chi connectivity index (χ1v) is 15.7. The maximum atomic E-state index is 9.83. The number of ether oxygens (including phenoxy) is 1. The third-order valence-electron chi connectivity index (χ3n) is 5.03. The van der Waals surface area contributed by atoms with Crippen LogP contribution in [-0.2, 0) is 9.17 Å². The average molecular weight is 454 g/mol. The van der Waals surface area contributed by atoms with Gasteiger partial charge in [0.2, 0.25) is 0 Å². The van der Waals surface area contributed by atoms with Gasteiger partial charge in [-0.3, -0.25) is 0 Å². The fourth-order valence-electron chi connectivity index (χ4n) is 3.50. The zero-order valence-electron chi connectivity index (χ0n) is 16.2. The fraction of sp³-hybridized carbons (Fsp3) is 0.700. The molecule has 1 N–H and O–H groups in total. The van der Waals surface area contributed by atoms with Crippen molar-refractivity contribution in [3.05, 3.63) is 35.9 Å². The van der Waals surface area contributed by atoms with E-state index in [9.17, 15) is 5.11 Å². The summed E-state index contributed by atoms with van der Waals surface area (Å²) >= 11 is -1.47. The third-order valence-corrected chi connectivity index (χ3v) is 12.9. The van der Waals surface area contributed by atoms with Crippen LogP contribution in [0.25, 0.3) is 0 Å². The van der Waals surface area contributed by atoms with Gasteiger partial charge in [-0.1, -0.05) is 0 Å². The van der Waals surface area contributed by atoms with Crippen LogP contribution in [0.1, 0.15) is 19.4 Å². The summed E-state index contributed by atoms with van der Waals surface area (Å²) < 4.78 is 9.66. The minimum absolute atomic E-state index is 0.242. The predicted octanol–water partition coefficient (Wildman–Crippen LogP) is 2.30. The molecule has 2 rings (SSSR count). The molecular weight excluding hydrogens is 419 g/mol. The van der Waals surface area contributed by atoms with Crippen LogP contribution in [0.2, 0.25) is 8.87 Å². The molecular formula is C20H35N2O2Sn+. The van der Waals surface area contributed by atoms with E-state index in [1.54, 1.807) is 7.11 Å². The molecule has 0 aliphatic carbocycles. The van der Waals surface area contributed by atoms with E-state index in [0.717, 1.165) is 26.2 Å². The Morgan fingerprint density at radius 3 is 2.16 bits per heavy atom. The van der Waals surface area contributed by atoms with E-state index >= 15 is 0 Å². The van der Waals surface area contributed by atoms with Crippen LogP contribution < -0.4 is 0 Å². The summed E-state index contributed by atoms with van der Waals surface area (Å²) in [5.41, 5.74) is 1.52. The van der Waals surface area contributed by atoms with E-state index in [4.69, 9.17) is 4.74 Å². The molecule has 1 aromatic rings. The molecule has 1 heterocycles. The van der Waals surface area contributed by atoms with Gasteiger partial charge in [-0.2, -0.15) is 0 Å². The van der Waals surface area contributed by atoms with Crippen molar-refractivity contribution >= 4 is 19.8 Å². The molecule has 2 atom stereocenters. The van der Waals surface area contributed by atoms with Crippen molar-refractivity contribution in [2.45, 2.75) is 39.4 Å². The number of hydrogen-bond donors (Lipinski definition) is 1. The molecule has 0 bridgehead atoms. The van der Waals surface area contributed by atoms with Crippen LogP contribution in [0.3, 0.4) is 0 Å². The number of aliphatic hydroxyl groups is 1. The Kier molecular flexibility index (Phi) is 9.77. The molecule has 0 amide bonds. The number of nitrogens with zero attached hydrogens (tertiary/aromatic N) is 2. The van der Waals surface area contributed by atoms with Crippen LogP contribution in [0.5, 0.6) is 0 Å². The Morgan fingerprint density at radius 2 is 1.60 bits per heavy atom. The minimum atomic E-state index is -1.47. The average Bonchev–Trinajstić information content (AvgIpc) is 2.68. The summed E-state index contributed by atoms with van der Waals surface area (Å²) in [5.74, 6) is 0. The van der Waals surface area contributed by atoms with Crippen LogP contribution in [-0.4, -0.2) is 93.3 Å². The molecule has 0 saturated carbocycles. The molecule has 5 heteroatoms. The Balaban J connectivity index is 2.00. The Labute approximate surface area is 160 Å². The predicted molar refractivity (Wildman–Crippen MR) is 107 cm³/mol. The van der Waals surface area contributed by atoms with Gasteiger partial charge in [0.15, 0.2) is 0 Å². The second-order valence-corrected chi connectivity index (χ2v) is 15.6. The molecule has 0 unspecified atom stereocenters. The van der Waals surface area contributed by atoms with Gasteiger partial charge >= 0.3 is 161 Å². The van der Waals surface area contributed by atoms with Crippen molar-refractivity contribution in [2.75, 3.05) is 46.4 Å². The van der Waals surface area contributed by atoms with E-state index in [0.29, 0.717) is 0 Å². The maximum absolute atomic E-state index is 9.83. The van der Waals surface area contributed by atoms with Crippen molar-refractivity contribution in [3.8, 4) is 0 Å². The summed E-state index contributed by atoms with van der Waals surface area (Å²) in [6.45, 7) is 10.4. The van der Waals surface area contributed by atoms with Gasteiger partial charge in [0, 0.05) is 0 Å². The van der Waals surface area contributed by atoms with Gasteiger partial charge in [0.25, 0.3) is 0 Å². The monoisotopic (exact) mass is 455 g/mol. The Bertz CT molecular complexity index is 472. The van der Waals surface area contributed by atoms with Crippen molar-refractivity contribution in [3.63, 3.8) is 0 Å². The number of hydrogen-bond acceptors (Lipinski definition) is 4. The number of methoxy groups -OCH3 is 1. The van der Waals surface area contributed by atoms with Gasteiger partial charge < -0.3 is 0 Å². The van der Waals surface area contributed by atoms with Gasteiger partial charge in [0.1, 0.15) is 0 Å². The van der Waals surface area contributed by atoms with E-state index in [1.165, 1.54) is 32.0 Å². The zero-order valence-corrected chi connectivity index (χ0v) is 19.0. The second-order valence-electron chi connectivity index (χ2n) is 7.41. The van der Waals surface area contributed by atoms with Crippen molar-refractivity contribution in [2.24, 2.45) is 0 Å². The standard InChI is InChI=1S/C13H28N2O2.C7H7.Sn/c1-6-14(10-12(3)16)8-9-15(7-2)11-13(4)17-5;1-7-5-3-2-4-6-7;/h12-13,16H,1-2,6-11H2,3-5H3;2-6H,1H2;/q;;+1/t12-,13-;;/m0../s1. The SMILES string of the molecule is CO[C@@H](C)CN1CCN(C[C@H](C)O)C[CH2][Sn+]([CH2]c2ccccc2)[CH2]C1. The van der Waals surface area contributed by atoms with E-state index < -0.39 is 19.8 Å². The summed E-state index contributed by atoms with van der Waals surface area (Å²) in [6.07, 6.45) is 0.0421. The molecule has 1 aromatic carbocycles. The summed E-state index contributed by atoms with van der Waals surface area (Å²) in [5, 5.41) is 9.83. The van der Waals surface area contributed by atoms with E-state index in [-0.39, 0.29) is 12.2 Å². The summed E-state index contributed by atoms with van der Waals surface area (Å²) in [7, 11) is 1.80. The van der Waals surface area contributed by atoms with Gasteiger partial charge in [0.05, 0.1) is 0 Å². The van der Waals surface area contributed by atoms with Crippen molar-refractivity contribution < 1.29 is 9.84 Å². The molecule has 0 radical (unpaired) electrons. The van der Waals surface area contributed by atoms with Crippen molar-refractivity contribution in [1.82, 2.24) is 9.80 Å². The molecule has 25 heavy (non-hydrogen) atoms. The first-order chi connectivity index (χ1) is 12.1. The zero-order chi connectivity index (χ0) is 18.1. The number of β-amino-alcohol motifs (C(OH)–C–C–N with tert-alkyl or cyclic N) is 1. The quantitative estimate of drug-likeness (QED) is 0.642.